The van der Waals surface area contributed by atoms with E-state index in [0.29, 0.717) is 24.0 Å². The van der Waals surface area contributed by atoms with Crippen LogP contribution in [0.2, 0.25) is 0 Å². The van der Waals surface area contributed by atoms with Crippen LogP contribution in [-0.4, -0.2) is 49.8 Å². The zero-order valence-corrected chi connectivity index (χ0v) is 14.6. The van der Waals surface area contributed by atoms with Crippen LogP contribution in [0.4, 0.5) is 0 Å². The molecule has 0 saturated carbocycles. The third kappa shape index (κ3) is 2.88. The molecule has 0 aliphatic carbocycles. The van der Waals surface area contributed by atoms with Crippen molar-refractivity contribution < 1.29 is 8.42 Å². The second-order valence-electron chi connectivity index (χ2n) is 5.85. The largest absolute Gasteiger partial charge is 0.298 e. The first-order valence-corrected chi connectivity index (χ1v) is 10.3. The first kappa shape index (κ1) is 15.7. The highest BCUT2D eigenvalue weighted by Gasteiger charge is 2.36. The van der Waals surface area contributed by atoms with Gasteiger partial charge < -0.3 is 0 Å². The van der Waals surface area contributed by atoms with Gasteiger partial charge in [-0.15, -0.1) is 22.9 Å². The van der Waals surface area contributed by atoms with E-state index in [1.165, 1.54) is 24.2 Å². The molecule has 0 bridgehead atoms. The molecule has 3 rings (SSSR count). The highest BCUT2D eigenvalue weighted by molar-refractivity contribution is 7.89. The maximum atomic E-state index is 13.0. The fraction of sp³-hybridized carbons (Fsp3) is 0.714. The van der Waals surface area contributed by atoms with Gasteiger partial charge in [0.15, 0.2) is 0 Å². The van der Waals surface area contributed by atoms with Gasteiger partial charge in [-0.25, -0.2) is 8.42 Å². The number of piperazine rings is 1. The van der Waals surface area contributed by atoms with Gasteiger partial charge in [0.2, 0.25) is 10.0 Å². The van der Waals surface area contributed by atoms with Crippen LogP contribution < -0.4 is 0 Å². The number of hydrogen-bond donors (Lipinski definition) is 0. The fourth-order valence-corrected chi connectivity index (χ4v) is 6.88. The standard InChI is InChI=1S/C14H21ClN2O2S2/c1-11-10-20-13(8-15)14(11)21(18,19)17-7-6-16-5-3-2-4-12(16)9-17/h10,12H,2-9H2,1H3. The molecule has 2 fully saturated rings. The molecule has 2 saturated heterocycles. The van der Waals surface area contributed by atoms with Crippen LogP contribution in [0.5, 0.6) is 0 Å². The molecule has 2 aliphatic heterocycles. The number of rotatable bonds is 3. The van der Waals surface area contributed by atoms with Gasteiger partial charge in [0.1, 0.15) is 4.90 Å². The fourth-order valence-electron chi connectivity index (χ4n) is 3.40. The molecule has 1 aromatic rings. The van der Waals surface area contributed by atoms with Crippen molar-refractivity contribution in [2.75, 3.05) is 26.2 Å². The molecule has 0 aromatic carbocycles. The van der Waals surface area contributed by atoms with Crippen LogP contribution in [0.15, 0.2) is 10.3 Å². The quantitative estimate of drug-likeness (QED) is 0.788. The molecular formula is C14H21ClN2O2S2. The van der Waals surface area contributed by atoms with Crippen molar-refractivity contribution in [1.29, 1.82) is 0 Å². The molecule has 0 radical (unpaired) electrons. The van der Waals surface area contributed by atoms with Crippen molar-refractivity contribution >= 4 is 33.0 Å². The van der Waals surface area contributed by atoms with Crippen LogP contribution >= 0.6 is 22.9 Å². The summed E-state index contributed by atoms with van der Waals surface area (Å²) < 4.78 is 27.6. The van der Waals surface area contributed by atoms with Crippen molar-refractivity contribution in [3.63, 3.8) is 0 Å². The predicted octanol–water partition coefficient (Wildman–Crippen LogP) is 2.65. The Bertz CT molecular complexity index is 614. The molecule has 0 N–H and O–H groups in total. The predicted molar refractivity (Wildman–Crippen MR) is 86.6 cm³/mol. The second kappa shape index (κ2) is 6.16. The number of thiophene rings is 1. The monoisotopic (exact) mass is 348 g/mol. The maximum Gasteiger partial charge on any atom is 0.244 e. The number of alkyl halides is 1. The average Bonchev–Trinajstić information content (AvgIpc) is 2.88. The number of halogens is 1. The Morgan fingerprint density at radius 2 is 2.14 bits per heavy atom. The molecule has 0 amide bonds. The van der Waals surface area contributed by atoms with Gasteiger partial charge in [-0.3, -0.25) is 4.90 Å². The van der Waals surface area contributed by atoms with E-state index >= 15 is 0 Å². The molecule has 1 aromatic heterocycles. The number of fused-ring (bicyclic) bond motifs is 1. The lowest BCUT2D eigenvalue weighted by Gasteiger charge is -2.43. The molecule has 2 aliphatic rings. The summed E-state index contributed by atoms with van der Waals surface area (Å²) >= 11 is 7.36. The lowest BCUT2D eigenvalue weighted by Crippen LogP contribution is -2.56. The van der Waals surface area contributed by atoms with Crippen molar-refractivity contribution in [2.24, 2.45) is 0 Å². The summed E-state index contributed by atoms with van der Waals surface area (Å²) in [6, 6.07) is 0.390. The van der Waals surface area contributed by atoms with E-state index in [9.17, 15) is 8.42 Å². The minimum atomic E-state index is -3.41. The number of sulfonamides is 1. The van der Waals surface area contributed by atoms with E-state index in [1.54, 1.807) is 4.31 Å². The van der Waals surface area contributed by atoms with Crippen molar-refractivity contribution in [3.05, 3.63) is 15.8 Å². The number of aryl methyl sites for hydroxylation is 1. The molecule has 3 heterocycles. The highest BCUT2D eigenvalue weighted by atomic mass is 35.5. The summed E-state index contributed by atoms with van der Waals surface area (Å²) in [5.41, 5.74) is 0.821. The van der Waals surface area contributed by atoms with Crippen LogP contribution in [-0.2, 0) is 15.9 Å². The van der Waals surface area contributed by atoms with Gasteiger partial charge >= 0.3 is 0 Å². The van der Waals surface area contributed by atoms with Crippen LogP contribution in [0.3, 0.4) is 0 Å². The number of hydrogen-bond acceptors (Lipinski definition) is 4. The highest BCUT2D eigenvalue weighted by Crippen LogP contribution is 2.32. The zero-order valence-electron chi connectivity index (χ0n) is 12.2. The molecule has 1 atom stereocenters. The summed E-state index contributed by atoms with van der Waals surface area (Å²) in [7, 11) is -3.41. The number of nitrogens with zero attached hydrogens (tertiary/aromatic N) is 2. The Morgan fingerprint density at radius 3 is 2.90 bits per heavy atom. The van der Waals surface area contributed by atoms with E-state index < -0.39 is 10.0 Å². The SMILES string of the molecule is Cc1csc(CCl)c1S(=O)(=O)N1CCN2CCCCC2C1. The Hall–Kier alpha value is -0.140. The molecular weight excluding hydrogens is 328 g/mol. The minimum Gasteiger partial charge on any atom is -0.298 e. The number of piperidine rings is 1. The minimum absolute atomic E-state index is 0.260. The van der Waals surface area contributed by atoms with E-state index in [2.05, 4.69) is 4.90 Å². The summed E-state index contributed by atoms with van der Waals surface area (Å²) in [6.45, 7) is 5.04. The third-order valence-electron chi connectivity index (χ3n) is 4.51. The molecule has 0 spiro atoms. The van der Waals surface area contributed by atoms with Gasteiger partial charge in [-0.1, -0.05) is 6.42 Å². The van der Waals surface area contributed by atoms with Gasteiger partial charge in [0, 0.05) is 30.6 Å². The third-order valence-corrected chi connectivity index (χ3v) is 8.26. The lowest BCUT2D eigenvalue weighted by molar-refractivity contribution is 0.0851. The summed E-state index contributed by atoms with van der Waals surface area (Å²) in [5, 5.41) is 1.89. The Morgan fingerprint density at radius 1 is 1.33 bits per heavy atom. The average molecular weight is 349 g/mol. The maximum absolute atomic E-state index is 13.0. The molecule has 1 unspecified atom stereocenters. The van der Waals surface area contributed by atoms with Crippen LogP contribution in [0.1, 0.15) is 29.7 Å². The van der Waals surface area contributed by atoms with E-state index in [0.717, 1.165) is 30.0 Å². The Kier molecular flexibility index (Phi) is 4.62. The normalized spacial score (nSPS) is 25.0. The van der Waals surface area contributed by atoms with E-state index in [1.807, 2.05) is 12.3 Å². The van der Waals surface area contributed by atoms with Gasteiger partial charge in [-0.2, -0.15) is 4.31 Å². The van der Waals surface area contributed by atoms with Crippen molar-refractivity contribution in [3.8, 4) is 0 Å². The van der Waals surface area contributed by atoms with Gasteiger partial charge in [0.05, 0.1) is 5.88 Å². The van der Waals surface area contributed by atoms with E-state index in [-0.39, 0.29) is 5.88 Å². The molecule has 21 heavy (non-hydrogen) atoms. The Balaban J connectivity index is 1.87. The first-order valence-electron chi connectivity index (χ1n) is 7.41. The van der Waals surface area contributed by atoms with Crippen LogP contribution in [0.25, 0.3) is 0 Å². The van der Waals surface area contributed by atoms with E-state index in [4.69, 9.17) is 11.6 Å². The second-order valence-corrected chi connectivity index (χ2v) is 8.96. The Labute approximate surface area is 135 Å². The van der Waals surface area contributed by atoms with Crippen molar-refractivity contribution in [1.82, 2.24) is 9.21 Å². The summed E-state index contributed by atoms with van der Waals surface area (Å²) in [4.78, 5) is 3.66. The molecule has 118 valence electrons. The summed E-state index contributed by atoms with van der Waals surface area (Å²) in [6.07, 6.45) is 3.56. The lowest BCUT2D eigenvalue weighted by atomic mass is 10.0. The van der Waals surface area contributed by atoms with Gasteiger partial charge in [-0.05, 0) is 37.3 Å². The molecule has 7 heteroatoms. The van der Waals surface area contributed by atoms with Gasteiger partial charge in [0.25, 0.3) is 0 Å². The van der Waals surface area contributed by atoms with Crippen LogP contribution in [0, 0.1) is 6.92 Å². The first-order chi connectivity index (χ1) is 10.0. The molecule has 4 nitrogen and oxygen atoms in total. The topological polar surface area (TPSA) is 40.6 Å². The van der Waals surface area contributed by atoms with Crippen molar-refractivity contribution in [2.45, 2.75) is 43.0 Å². The zero-order chi connectivity index (χ0) is 15.0. The summed E-state index contributed by atoms with van der Waals surface area (Å²) in [5.74, 6) is 0.260. The smallest absolute Gasteiger partial charge is 0.244 e.